The molecule has 2 atom stereocenters. The smallest absolute Gasteiger partial charge is 0.0561 e. The molecule has 0 aromatic heterocycles. The molecule has 1 aromatic carbocycles. The average Bonchev–Trinajstić information content (AvgIpc) is 2.59. The zero-order valence-electron chi connectivity index (χ0n) is 14.4. The van der Waals surface area contributed by atoms with Crippen molar-refractivity contribution >= 4 is 9.52 Å². The Kier molecular flexibility index (Phi) is 8.88. The van der Waals surface area contributed by atoms with Gasteiger partial charge in [-0.25, -0.2) is 0 Å². The molecule has 2 heteroatoms. The van der Waals surface area contributed by atoms with Gasteiger partial charge in [0.15, 0.2) is 0 Å². The maximum Gasteiger partial charge on any atom is 0.0561 e. The first-order valence-electron chi connectivity index (χ1n) is 9.56. The van der Waals surface area contributed by atoms with Gasteiger partial charge in [-0.2, -0.15) is 0 Å². The summed E-state index contributed by atoms with van der Waals surface area (Å²) >= 11 is 0. The summed E-state index contributed by atoms with van der Waals surface area (Å²) in [6.45, 7) is 3.31. The molecule has 1 aliphatic heterocycles. The van der Waals surface area contributed by atoms with Crippen LogP contribution in [0.1, 0.15) is 76.2 Å². The van der Waals surface area contributed by atoms with E-state index in [1.54, 1.807) is 5.56 Å². The second-order valence-corrected chi connectivity index (χ2v) is 8.94. The Balaban J connectivity index is 1.79. The van der Waals surface area contributed by atoms with Crippen LogP contribution in [0.4, 0.5) is 0 Å². The molecule has 2 rings (SSSR count). The highest BCUT2D eigenvalue weighted by Gasteiger charge is 2.18. The quantitative estimate of drug-likeness (QED) is 0.423. The van der Waals surface area contributed by atoms with E-state index >= 15 is 0 Å². The van der Waals surface area contributed by atoms with Gasteiger partial charge in [-0.3, -0.25) is 0 Å². The SMILES string of the molecule is CCCCCCCC(C[SiH2]C1CCCCO1)c1ccccc1. The molecule has 0 bridgehead atoms. The minimum atomic E-state index is -0.0918. The fraction of sp³-hybridized carbons (Fsp3) is 0.700. The Morgan fingerprint density at radius 3 is 2.64 bits per heavy atom. The minimum Gasteiger partial charge on any atom is -0.382 e. The molecule has 1 nitrogen and oxygen atoms in total. The van der Waals surface area contributed by atoms with Crippen LogP contribution in [-0.2, 0) is 4.74 Å². The predicted octanol–water partition coefficient (Wildman–Crippen LogP) is 5.24. The van der Waals surface area contributed by atoms with E-state index in [0.717, 1.165) is 12.5 Å². The van der Waals surface area contributed by atoms with Gasteiger partial charge in [-0.1, -0.05) is 75.4 Å². The Morgan fingerprint density at radius 1 is 1.09 bits per heavy atom. The highest BCUT2D eigenvalue weighted by Crippen LogP contribution is 2.28. The molecule has 0 aliphatic carbocycles. The van der Waals surface area contributed by atoms with Crippen molar-refractivity contribution in [2.75, 3.05) is 6.61 Å². The van der Waals surface area contributed by atoms with Crippen LogP contribution in [0.25, 0.3) is 0 Å². The second kappa shape index (κ2) is 11.0. The largest absolute Gasteiger partial charge is 0.382 e. The topological polar surface area (TPSA) is 9.23 Å². The number of benzene rings is 1. The van der Waals surface area contributed by atoms with Gasteiger partial charge in [0, 0.05) is 12.3 Å². The molecule has 0 N–H and O–H groups in total. The van der Waals surface area contributed by atoms with Crippen LogP contribution >= 0.6 is 0 Å². The zero-order chi connectivity index (χ0) is 15.5. The first-order chi connectivity index (χ1) is 10.9. The molecule has 2 unspecified atom stereocenters. The Hall–Kier alpha value is -0.603. The fourth-order valence-electron chi connectivity index (χ4n) is 3.62. The lowest BCUT2D eigenvalue weighted by atomic mass is 9.94. The maximum absolute atomic E-state index is 5.98. The van der Waals surface area contributed by atoms with Gasteiger partial charge in [0.1, 0.15) is 0 Å². The molecule has 0 amide bonds. The molecule has 1 aliphatic rings. The molecule has 0 radical (unpaired) electrons. The Bertz CT molecular complexity index is 373. The van der Waals surface area contributed by atoms with Crippen LogP contribution in [-0.4, -0.2) is 21.9 Å². The Morgan fingerprint density at radius 2 is 1.91 bits per heavy atom. The normalized spacial score (nSPS) is 20.5. The van der Waals surface area contributed by atoms with Gasteiger partial charge in [0.2, 0.25) is 0 Å². The van der Waals surface area contributed by atoms with Gasteiger partial charge >= 0.3 is 0 Å². The summed E-state index contributed by atoms with van der Waals surface area (Å²) < 4.78 is 5.98. The molecular formula is C20H34OSi. The molecule has 124 valence electrons. The number of rotatable bonds is 10. The fourth-order valence-corrected chi connectivity index (χ4v) is 5.93. The third-order valence-electron chi connectivity index (χ3n) is 5.04. The number of unbranched alkanes of at least 4 members (excludes halogenated alkanes) is 4. The molecule has 1 saturated heterocycles. The first kappa shape index (κ1) is 17.7. The van der Waals surface area contributed by atoms with Gasteiger partial charge in [0.25, 0.3) is 0 Å². The van der Waals surface area contributed by atoms with E-state index in [1.165, 1.54) is 63.8 Å². The van der Waals surface area contributed by atoms with E-state index in [9.17, 15) is 0 Å². The second-order valence-electron chi connectivity index (χ2n) is 6.88. The van der Waals surface area contributed by atoms with Gasteiger partial charge in [0.05, 0.1) is 9.52 Å². The summed E-state index contributed by atoms with van der Waals surface area (Å²) in [4.78, 5) is 0. The first-order valence-corrected chi connectivity index (χ1v) is 11.4. The molecule has 22 heavy (non-hydrogen) atoms. The standard InChI is InChI=1S/C20H34OSi/c1-2-3-4-5-7-14-19(18-12-8-6-9-13-18)17-22-20-15-10-11-16-21-20/h6,8-9,12-13,19-20H,2-5,7,10-11,14-17,22H2,1H3. The molecule has 0 saturated carbocycles. The number of hydrogen-bond donors (Lipinski definition) is 0. The third kappa shape index (κ3) is 6.66. The van der Waals surface area contributed by atoms with Gasteiger partial charge in [-0.15, -0.1) is 0 Å². The van der Waals surface area contributed by atoms with Crippen LogP contribution in [0.15, 0.2) is 30.3 Å². The van der Waals surface area contributed by atoms with E-state index in [2.05, 4.69) is 37.3 Å². The molecular weight excluding hydrogens is 284 g/mol. The van der Waals surface area contributed by atoms with Crippen LogP contribution in [0, 0.1) is 0 Å². The summed E-state index contributed by atoms with van der Waals surface area (Å²) in [5, 5.41) is 0. The van der Waals surface area contributed by atoms with Gasteiger partial charge < -0.3 is 4.74 Å². The summed E-state index contributed by atoms with van der Waals surface area (Å²) in [5.41, 5.74) is 2.24. The number of ether oxygens (including phenoxy) is 1. The maximum atomic E-state index is 5.98. The molecule has 1 aromatic rings. The Labute approximate surface area is 139 Å². The average molecular weight is 319 g/mol. The summed E-state index contributed by atoms with van der Waals surface area (Å²) in [5.74, 6) is 0.792. The summed E-state index contributed by atoms with van der Waals surface area (Å²) in [7, 11) is -0.0918. The van der Waals surface area contributed by atoms with Crippen LogP contribution < -0.4 is 0 Å². The zero-order valence-corrected chi connectivity index (χ0v) is 15.8. The lowest BCUT2D eigenvalue weighted by Gasteiger charge is -2.25. The van der Waals surface area contributed by atoms with Crippen LogP contribution in [0.5, 0.6) is 0 Å². The van der Waals surface area contributed by atoms with Crippen molar-refractivity contribution in [3.63, 3.8) is 0 Å². The summed E-state index contributed by atoms with van der Waals surface area (Å²) in [6, 6.07) is 12.7. The van der Waals surface area contributed by atoms with Crippen molar-refractivity contribution in [3.8, 4) is 0 Å². The predicted molar refractivity (Wildman–Crippen MR) is 99.5 cm³/mol. The minimum absolute atomic E-state index is 0.0918. The van der Waals surface area contributed by atoms with Crippen molar-refractivity contribution in [3.05, 3.63) is 35.9 Å². The number of hydrogen-bond acceptors (Lipinski definition) is 1. The van der Waals surface area contributed by atoms with Crippen LogP contribution in [0.2, 0.25) is 6.04 Å². The van der Waals surface area contributed by atoms with E-state index in [-0.39, 0.29) is 9.52 Å². The van der Waals surface area contributed by atoms with Crippen molar-refractivity contribution in [2.45, 2.75) is 82.4 Å². The monoisotopic (exact) mass is 318 g/mol. The van der Waals surface area contributed by atoms with Crippen molar-refractivity contribution in [1.29, 1.82) is 0 Å². The van der Waals surface area contributed by atoms with Crippen molar-refractivity contribution in [1.82, 2.24) is 0 Å². The lowest BCUT2D eigenvalue weighted by molar-refractivity contribution is 0.0648. The molecule has 1 fully saturated rings. The lowest BCUT2D eigenvalue weighted by Crippen LogP contribution is -2.26. The van der Waals surface area contributed by atoms with Crippen LogP contribution in [0.3, 0.4) is 0 Å². The third-order valence-corrected chi connectivity index (χ3v) is 7.36. The highest BCUT2D eigenvalue weighted by molar-refractivity contribution is 6.37. The summed E-state index contributed by atoms with van der Waals surface area (Å²) in [6.07, 6.45) is 12.4. The molecule has 0 spiro atoms. The van der Waals surface area contributed by atoms with Crippen molar-refractivity contribution in [2.24, 2.45) is 0 Å². The van der Waals surface area contributed by atoms with E-state index in [4.69, 9.17) is 4.74 Å². The van der Waals surface area contributed by atoms with Crippen molar-refractivity contribution < 1.29 is 4.74 Å². The molecule has 1 heterocycles. The van der Waals surface area contributed by atoms with E-state index in [1.807, 2.05) is 0 Å². The highest BCUT2D eigenvalue weighted by atomic mass is 28.2. The van der Waals surface area contributed by atoms with E-state index in [0.29, 0.717) is 5.73 Å². The van der Waals surface area contributed by atoms with Gasteiger partial charge in [-0.05, 0) is 37.2 Å². The van der Waals surface area contributed by atoms with E-state index < -0.39 is 0 Å².